The first-order valence-electron chi connectivity index (χ1n) is 11.1. The second kappa shape index (κ2) is 9.54. The van der Waals surface area contributed by atoms with Gasteiger partial charge in [-0.2, -0.15) is 4.31 Å². The van der Waals surface area contributed by atoms with Gasteiger partial charge in [-0.25, -0.2) is 8.42 Å². The Hall–Kier alpha value is -2.88. The minimum absolute atomic E-state index is 0.0728. The molecule has 8 nitrogen and oxygen atoms in total. The highest BCUT2D eigenvalue weighted by Crippen LogP contribution is 2.31. The van der Waals surface area contributed by atoms with E-state index in [1.54, 1.807) is 25.1 Å². The molecule has 9 heteroatoms. The number of benzene rings is 2. The number of hydrogen-bond acceptors (Lipinski definition) is 6. The molecule has 1 atom stereocenters. The lowest BCUT2D eigenvalue weighted by Crippen LogP contribution is -2.40. The van der Waals surface area contributed by atoms with E-state index in [2.05, 4.69) is 10.3 Å². The topological polar surface area (TPSA) is 101 Å². The number of carbonyl (C=O) groups excluding carboxylic acids is 1. The molecule has 176 valence electrons. The fraction of sp³-hybridized carbons (Fsp3) is 0.375. The first-order chi connectivity index (χ1) is 15.8. The molecule has 2 heterocycles. The smallest absolute Gasteiger partial charge is 0.246 e. The third-order valence-corrected chi connectivity index (χ3v) is 7.67. The molecule has 2 N–H and O–H groups in total. The zero-order chi connectivity index (χ0) is 23.6. The van der Waals surface area contributed by atoms with Crippen LogP contribution in [0.5, 0.6) is 5.75 Å². The molecule has 0 spiro atoms. The van der Waals surface area contributed by atoms with Crippen LogP contribution in [0, 0.1) is 6.92 Å². The van der Waals surface area contributed by atoms with Gasteiger partial charge >= 0.3 is 0 Å². The van der Waals surface area contributed by atoms with Gasteiger partial charge in [-0.15, -0.1) is 0 Å². The summed E-state index contributed by atoms with van der Waals surface area (Å²) in [4.78, 5) is 16.6. The molecular weight excluding hydrogens is 442 g/mol. The number of fused-ring (bicyclic) bond motifs is 1. The van der Waals surface area contributed by atoms with Crippen LogP contribution in [0.4, 0.5) is 5.69 Å². The maximum atomic E-state index is 13.3. The summed E-state index contributed by atoms with van der Waals surface area (Å²) in [6.45, 7) is 7.10. The molecule has 3 aromatic rings. The molecule has 1 aliphatic heterocycles. The summed E-state index contributed by atoms with van der Waals surface area (Å²) >= 11 is 0. The minimum atomic E-state index is -3.77. The van der Waals surface area contributed by atoms with Crippen molar-refractivity contribution < 1.29 is 22.7 Å². The summed E-state index contributed by atoms with van der Waals surface area (Å²) in [6.07, 6.45) is 0. The first kappa shape index (κ1) is 23.3. The van der Waals surface area contributed by atoms with Crippen molar-refractivity contribution in [3.63, 3.8) is 0 Å². The summed E-state index contributed by atoms with van der Waals surface area (Å²) in [5.74, 6) is 0.220. The van der Waals surface area contributed by atoms with Crippen LogP contribution in [0.2, 0.25) is 0 Å². The highest BCUT2D eigenvalue weighted by molar-refractivity contribution is 7.89. The number of aryl methyl sites for hydroxylation is 1. The Morgan fingerprint density at radius 2 is 1.94 bits per heavy atom. The van der Waals surface area contributed by atoms with Crippen molar-refractivity contribution in [1.82, 2.24) is 9.29 Å². The summed E-state index contributed by atoms with van der Waals surface area (Å²) in [5, 5.41) is 4.05. The van der Waals surface area contributed by atoms with Crippen molar-refractivity contribution in [2.24, 2.45) is 0 Å². The highest BCUT2D eigenvalue weighted by atomic mass is 32.2. The van der Waals surface area contributed by atoms with Crippen LogP contribution in [0.1, 0.15) is 29.9 Å². The number of nitrogens with zero attached hydrogens (tertiary/aromatic N) is 1. The lowest BCUT2D eigenvalue weighted by atomic mass is 10.0. The number of aromatic amines is 1. The van der Waals surface area contributed by atoms with E-state index in [0.29, 0.717) is 49.9 Å². The number of ketones is 1. The monoisotopic (exact) mass is 471 g/mol. The Labute approximate surface area is 193 Å². The number of para-hydroxylation sites is 1. The van der Waals surface area contributed by atoms with Crippen molar-refractivity contribution in [2.75, 3.05) is 38.2 Å². The molecule has 0 saturated carbocycles. The molecule has 1 aliphatic rings. The van der Waals surface area contributed by atoms with Gasteiger partial charge in [0.25, 0.3) is 0 Å². The Kier molecular flexibility index (Phi) is 6.73. The molecule has 1 fully saturated rings. The summed E-state index contributed by atoms with van der Waals surface area (Å²) < 4.78 is 39.0. The van der Waals surface area contributed by atoms with Gasteiger partial charge in [-0.1, -0.05) is 18.2 Å². The third kappa shape index (κ3) is 4.62. The van der Waals surface area contributed by atoms with E-state index < -0.39 is 16.1 Å². The number of rotatable bonds is 8. The Bertz CT molecular complexity index is 1260. The van der Waals surface area contributed by atoms with Crippen LogP contribution in [0.25, 0.3) is 10.9 Å². The number of hydrogen-bond donors (Lipinski definition) is 2. The van der Waals surface area contributed by atoms with Gasteiger partial charge in [-0.3, -0.25) is 4.79 Å². The first-order valence-corrected chi connectivity index (χ1v) is 12.5. The highest BCUT2D eigenvalue weighted by Gasteiger charge is 2.30. The minimum Gasteiger partial charge on any atom is -0.492 e. The van der Waals surface area contributed by atoms with Gasteiger partial charge < -0.3 is 19.8 Å². The quantitative estimate of drug-likeness (QED) is 0.487. The molecule has 0 aliphatic carbocycles. The van der Waals surface area contributed by atoms with Crippen molar-refractivity contribution in [3.8, 4) is 5.75 Å². The SMILES string of the molecule is CCOc1ccc(NC(C)C(=O)c2c(C)[nH]c3ccccc23)cc1S(=O)(=O)N1CCOCC1. The zero-order valence-corrected chi connectivity index (χ0v) is 19.9. The maximum absolute atomic E-state index is 13.3. The van der Waals surface area contributed by atoms with E-state index >= 15 is 0 Å². The van der Waals surface area contributed by atoms with Crippen LogP contribution >= 0.6 is 0 Å². The normalized spacial score (nSPS) is 16.0. The molecule has 1 unspecified atom stereocenters. The van der Waals surface area contributed by atoms with Crippen molar-refractivity contribution in [2.45, 2.75) is 31.7 Å². The molecule has 0 amide bonds. The Morgan fingerprint density at radius 3 is 2.67 bits per heavy atom. The maximum Gasteiger partial charge on any atom is 0.246 e. The standard InChI is InChI=1S/C24H29N3O5S/c1-4-32-21-10-9-18(15-22(21)33(29,30)27-11-13-31-14-12-27)25-17(3)24(28)23-16(2)26-20-8-6-5-7-19(20)23/h5-10,15,17,25-26H,4,11-14H2,1-3H3. The van der Waals surface area contributed by atoms with Crippen LogP contribution in [0.3, 0.4) is 0 Å². The van der Waals surface area contributed by atoms with Crippen LogP contribution in [0.15, 0.2) is 47.4 Å². The van der Waals surface area contributed by atoms with E-state index in [-0.39, 0.29) is 10.7 Å². The number of ether oxygens (including phenoxy) is 2. The van der Waals surface area contributed by atoms with Gasteiger partial charge in [0.05, 0.1) is 25.9 Å². The lowest BCUT2D eigenvalue weighted by molar-refractivity contribution is 0.0729. The second-order valence-electron chi connectivity index (χ2n) is 8.01. The predicted molar refractivity (Wildman–Crippen MR) is 128 cm³/mol. The van der Waals surface area contributed by atoms with E-state index in [4.69, 9.17) is 9.47 Å². The zero-order valence-electron chi connectivity index (χ0n) is 19.1. The summed E-state index contributed by atoms with van der Waals surface area (Å²) in [6, 6.07) is 12.0. The fourth-order valence-corrected chi connectivity index (χ4v) is 5.69. The van der Waals surface area contributed by atoms with E-state index in [0.717, 1.165) is 16.6 Å². The number of carbonyl (C=O) groups is 1. The van der Waals surface area contributed by atoms with Crippen LogP contribution < -0.4 is 10.1 Å². The van der Waals surface area contributed by atoms with Gasteiger partial charge in [0, 0.05) is 40.9 Å². The van der Waals surface area contributed by atoms with Crippen LogP contribution in [-0.4, -0.2) is 62.4 Å². The Morgan fingerprint density at radius 1 is 1.21 bits per heavy atom. The molecular formula is C24H29N3O5S. The largest absolute Gasteiger partial charge is 0.492 e. The molecule has 0 radical (unpaired) electrons. The molecule has 33 heavy (non-hydrogen) atoms. The molecule has 2 aromatic carbocycles. The molecule has 4 rings (SSSR count). The molecule has 1 saturated heterocycles. The summed E-state index contributed by atoms with van der Waals surface area (Å²) in [7, 11) is -3.77. The number of anilines is 1. The lowest BCUT2D eigenvalue weighted by Gasteiger charge is -2.27. The number of sulfonamides is 1. The molecule has 0 bridgehead atoms. The van der Waals surface area contributed by atoms with Gasteiger partial charge in [-0.05, 0) is 45.0 Å². The van der Waals surface area contributed by atoms with Crippen molar-refractivity contribution >= 4 is 32.4 Å². The van der Waals surface area contributed by atoms with Crippen molar-refractivity contribution in [1.29, 1.82) is 0 Å². The van der Waals surface area contributed by atoms with E-state index in [9.17, 15) is 13.2 Å². The van der Waals surface area contributed by atoms with Gasteiger partial charge in [0.2, 0.25) is 10.0 Å². The average Bonchev–Trinajstić information content (AvgIpc) is 3.15. The molecule has 1 aromatic heterocycles. The average molecular weight is 472 g/mol. The predicted octanol–water partition coefficient (Wildman–Crippen LogP) is 3.58. The van der Waals surface area contributed by atoms with E-state index in [1.807, 2.05) is 38.1 Å². The Balaban J connectivity index is 1.63. The number of morpholine rings is 1. The number of aromatic nitrogens is 1. The second-order valence-corrected chi connectivity index (χ2v) is 9.92. The summed E-state index contributed by atoms with van der Waals surface area (Å²) in [5.41, 5.74) is 2.88. The van der Waals surface area contributed by atoms with Crippen molar-refractivity contribution in [3.05, 3.63) is 53.7 Å². The third-order valence-electron chi connectivity index (χ3n) is 5.75. The number of nitrogens with one attached hydrogen (secondary N) is 2. The van der Waals surface area contributed by atoms with Gasteiger partial charge in [0.15, 0.2) is 5.78 Å². The number of Topliss-reactive ketones (excluding diaryl/α,β-unsaturated/α-hetero) is 1. The van der Waals surface area contributed by atoms with E-state index in [1.165, 1.54) is 4.31 Å². The number of H-pyrrole nitrogens is 1. The van der Waals surface area contributed by atoms with Crippen LogP contribution in [-0.2, 0) is 14.8 Å². The fourth-order valence-electron chi connectivity index (χ4n) is 4.13. The van der Waals surface area contributed by atoms with Gasteiger partial charge in [0.1, 0.15) is 10.6 Å².